The zero-order chi connectivity index (χ0) is 15.4. The van der Waals surface area contributed by atoms with Crippen LogP contribution in [-0.2, 0) is 15.0 Å². The van der Waals surface area contributed by atoms with Crippen LogP contribution in [-0.4, -0.2) is 44.4 Å². The molecule has 0 aromatic rings. The fourth-order valence-electron chi connectivity index (χ4n) is 2.52. The van der Waals surface area contributed by atoms with E-state index < -0.39 is 15.7 Å². The summed E-state index contributed by atoms with van der Waals surface area (Å²) in [5, 5.41) is 4.92. The molecular weight excluding hydrogens is 280 g/mol. The molecule has 118 valence electrons. The third kappa shape index (κ3) is 4.69. The number of piperidine rings is 1. The maximum atomic E-state index is 12.5. The summed E-state index contributed by atoms with van der Waals surface area (Å²) in [5.41, 5.74) is 5.33. The molecule has 1 aliphatic rings. The lowest BCUT2D eigenvalue weighted by Crippen LogP contribution is -2.57. The van der Waals surface area contributed by atoms with Crippen LogP contribution in [0.25, 0.3) is 0 Å². The van der Waals surface area contributed by atoms with Crippen LogP contribution in [0.3, 0.4) is 0 Å². The Hall–Kier alpha value is -0.700. The molecule has 8 heteroatoms. The lowest BCUT2D eigenvalue weighted by atomic mass is 9.90. The first-order valence-corrected chi connectivity index (χ1v) is 8.62. The van der Waals surface area contributed by atoms with E-state index in [-0.39, 0.29) is 18.4 Å². The number of hydrogen-bond donors (Lipinski definition) is 3. The summed E-state index contributed by atoms with van der Waals surface area (Å²) >= 11 is 0. The van der Waals surface area contributed by atoms with Crippen LogP contribution in [0.5, 0.6) is 0 Å². The fraction of sp³-hybridized carbons (Fsp3) is 0.917. The minimum absolute atomic E-state index is 0.0391. The van der Waals surface area contributed by atoms with Crippen molar-refractivity contribution in [2.24, 2.45) is 16.8 Å². The molecule has 1 unspecified atom stereocenters. The monoisotopic (exact) mass is 306 g/mol. The molecular formula is C12H26N4O3S. The predicted molar refractivity (Wildman–Crippen MR) is 77.9 cm³/mol. The van der Waals surface area contributed by atoms with Crippen molar-refractivity contribution in [1.82, 2.24) is 9.62 Å². The Balaban J connectivity index is 2.62. The van der Waals surface area contributed by atoms with Crippen molar-refractivity contribution in [2.45, 2.75) is 45.1 Å². The average Bonchev–Trinajstić information content (AvgIpc) is 2.43. The van der Waals surface area contributed by atoms with Crippen molar-refractivity contribution in [2.75, 3.05) is 19.6 Å². The van der Waals surface area contributed by atoms with Gasteiger partial charge in [0.05, 0.1) is 5.54 Å². The van der Waals surface area contributed by atoms with Crippen LogP contribution in [0.2, 0.25) is 0 Å². The van der Waals surface area contributed by atoms with E-state index in [0.717, 1.165) is 12.8 Å². The topological polar surface area (TPSA) is 119 Å². The molecule has 7 nitrogen and oxygen atoms in total. The van der Waals surface area contributed by atoms with Crippen LogP contribution in [0.15, 0.2) is 0 Å². The summed E-state index contributed by atoms with van der Waals surface area (Å²) in [6, 6.07) is 0. The summed E-state index contributed by atoms with van der Waals surface area (Å²) in [6.07, 6.45) is 2.92. The number of rotatable bonds is 6. The number of carbonyl (C=O) groups is 1. The number of nitrogens with zero attached hydrogens (tertiary/aromatic N) is 1. The quantitative estimate of drug-likeness (QED) is 0.615. The van der Waals surface area contributed by atoms with Gasteiger partial charge in [-0.2, -0.15) is 8.42 Å². The van der Waals surface area contributed by atoms with Gasteiger partial charge in [0.2, 0.25) is 5.91 Å². The van der Waals surface area contributed by atoms with E-state index in [0.29, 0.717) is 25.9 Å². The van der Waals surface area contributed by atoms with Crippen molar-refractivity contribution >= 4 is 16.1 Å². The van der Waals surface area contributed by atoms with Gasteiger partial charge in [-0.05, 0) is 31.6 Å². The van der Waals surface area contributed by atoms with E-state index in [4.69, 9.17) is 10.9 Å². The normalized spacial score (nSPS) is 21.0. The molecule has 0 aromatic carbocycles. The molecule has 0 aliphatic carbocycles. The van der Waals surface area contributed by atoms with E-state index in [1.807, 2.05) is 13.8 Å². The predicted octanol–water partition coefficient (Wildman–Crippen LogP) is -0.464. The van der Waals surface area contributed by atoms with Crippen molar-refractivity contribution in [3.8, 4) is 0 Å². The van der Waals surface area contributed by atoms with Crippen molar-refractivity contribution in [3.05, 3.63) is 0 Å². The van der Waals surface area contributed by atoms with E-state index in [1.165, 1.54) is 0 Å². The fourth-order valence-corrected chi connectivity index (χ4v) is 2.99. The Kier molecular flexibility index (Phi) is 5.93. The van der Waals surface area contributed by atoms with Gasteiger partial charge in [-0.15, -0.1) is 0 Å². The molecule has 1 rings (SSSR count). The Morgan fingerprint density at radius 2 is 2.00 bits per heavy atom. The number of amides is 1. The summed E-state index contributed by atoms with van der Waals surface area (Å²) in [7, 11) is -3.68. The average molecular weight is 306 g/mol. The van der Waals surface area contributed by atoms with Crippen molar-refractivity contribution < 1.29 is 13.2 Å². The van der Waals surface area contributed by atoms with E-state index in [9.17, 15) is 13.2 Å². The van der Waals surface area contributed by atoms with Gasteiger partial charge in [0.15, 0.2) is 0 Å². The molecule has 0 saturated carbocycles. The van der Waals surface area contributed by atoms with Gasteiger partial charge >= 0.3 is 0 Å². The molecule has 1 amide bonds. The standard InChI is InChI=1S/C12H26N4O3S/c1-3-12(13,4-2)11(17)16-7-5-6-10(9-16)8-15-20(14,18)19/h10,15H,3-9,13H2,1-2H3,(H2,14,18,19). The third-order valence-electron chi connectivity index (χ3n) is 4.07. The van der Waals surface area contributed by atoms with Crippen LogP contribution < -0.4 is 15.6 Å². The van der Waals surface area contributed by atoms with Gasteiger partial charge < -0.3 is 10.6 Å². The Morgan fingerprint density at radius 3 is 2.50 bits per heavy atom. The molecule has 1 fully saturated rings. The van der Waals surface area contributed by atoms with Crippen LogP contribution in [0.1, 0.15) is 39.5 Å². The van der Waals surface area contributed by atoms with Crippen LogP contribution in [0, 0.1) is 5.92 Å². The Morgan fingerprint density at radius 1 is 1.40 bits per heavy atom. The number of likely N-dealkylation sites (tertiary alicyclic amines) is 1. The highest BCUT2D eigenvalue weighted by Crippen LogP contribution is 2.21. The highest BCUT2D eigenvalue weighted by Gasteiger charge is 2.36. The minimum atomic E-state index is -3.68. The Bertz CT molecular complexity index is 434. The van der Waals surface area contributed by atoms with Gasteiger partial charge in [0.25, 0.3) is 10.2 Å². The molecule has 0 radical (unpaired) electrons. The second-order valence-corrected chi connectivity index (χ2v) is 6.89. The maximum Gasteiger partial charge on any atom is 0.274 e. The largest absolute Gasteiger partial charge is 0.341 e. The molecule has 5 N–H and O–H groups in total. The summed E-state index contributed by atoms with van der Waals surface area (Å²) in [6.45, 7) is 5.29. The molecule has 1 atom stereocenters. The summed E-state index contributed by atoms with van der Waals surface area (Å²) in [4.78, 5) is 14.2. The second kappa shape index (κ2) is 6.84. The first-order valence-electron chi connectivity index (χ1n) is 7.07. The van der Waals surface area contributed by atoms with Gasteiger partial charge in [0.1, 0.15) is 0 Å². The molecule has 1 aliphatic heterocycles. The number of carbonyl (C=O) groups excluding carboxylic acids is 1. The van der Waals surface area contributed by atoms with Gasteiger partial charge in [-0.25, -0.2) is 9.86 Å². The smallest absolute Gasteiger partial charge is 0.274 e. The zero-order valence-electron chi connectivity index (χ0n) is 12.3. The lowest BCUT2D eigenvalue weighted by Gasteiger charge is -2.38. The van der Waals surface area contributed by atoms with E-state index >= 15 is 0 Å². The molecule has 20 heavy (non-hydrogen) atoms. The maximum absolute atomic E-state index is 12.5. The third-order valence-corrected chi connectivity index (χ3v) is 4.64. The number of hydrogen-bond acceptors (Lipinski definition) is 4. The molecule has 1 heterocycles. The summed E-state index contributed by atoms with van der Waals surface area (Å²) < 4.78 is 24.1. The minimum Gasteiger partial charge on any atom is -0.341 e. The van der Waals surface area contributed by atoms with E-state index in [1.54, 1.807) is 4.90 Å². The van der Waals surface area contributed by atoms with E-state index in [2.05, 4.69) is 4.72 Å². The first-order chi connectivity index (χ1) is 9.22. The van der Waals surface area contributed by atoms with Gasteiger partial charge in [-0.1, -0.05) is 13.8 Å². The summed E-state index contributed by atoms with van der Waals surface area (Å²) in [5.74, 6) is 0.0480. The molecule has 0 bridgehead atoms. The molecule has 0 aromatic heterocycles. The first kappa shape index (κ1) is 17.4. The van der Waals surface area contributed by atoms with Gasteiger partial charge in [-0.3, -0.25) is 4.79 Å². The Labute approximate surface area is 121 Å². The molecule has 0 spiro atoms. The highest BCUT2D eigenvalue weighted by atomic mass is 32.2. The zero-order valence-corrected chi connectivity index (χ0v) is 13.1. The SMILES string of the molecule is CCC(N)(CC)C(=O)N1CCCC(CNS(N)(=O)=O)C1. The molecule has 1 saturated heterocycles. The lowest BCUT2D eigenvalue weighted by molar-refractivity contribution is -0.139. The number of nitrogens with two attached hydrogens (primary N) is 2. The highest BCUT2D eigenvalue weighted by molar-refractivity contribution is 7.87. The number of nitrogens with one attached hydrogen (secondary N) is 1. The van der Waals surface area contributed by atoms with Crippen LogP contribution in [0.4, 0.5) is 0 Å². The van der Waals surface area contributed by atoms with Crippen molar-refractivity contribution in [3.63, 3.8) is 0 Å². The van der Waals surface area contributed by atoms with Gasteiger partial charge in [0, 0.05) is 19.6 Å². The second-order valence-electron chi connectivity index (χ2n) is 5.52. The van der Waals surface area contributed by atoms with Crippen LogP contribution >= 0.6 is 0 Å². The van der Waals surface area contributed by atoms with Crippen molar-refractivity contribution in [1.29, 1.82) is 0 Å².